The molecule has 2 saturated heterocycles. The Kier molecular flexibility index (Phi) is 4.86. The van der Waals surface area contributed by atoms with Gasteiger partial charge < -0.3 is 23.8 Å². The number of ether oxygens (including phenoxy) is 4. The van der Waals surface area contributed by atoms with Crippen LogP contribution >= 0.6 is 0 Å². The fourth-order valence-corrected chi connectivity index (χ4v) is 4.07. The van der Waals surface area contributed by atoms with Crippen molar-refractivity contribution in [1.29, 1.82) is 0 Å². The van der Waals surface area contributed by atoms with Gasteiger partial charge in [-0.3, -0.25) is 4.90 Å². The molecule has 2 unspecified atom stereocenters. The van der Waals surface area contributed by atoms with Crippen LogP contribution in [0.3, 0.4) is 0 Å². The standard InChI is InChI=1S/C19H28N2O4/c1-20(2)11-16-5-6-19(25-16)12-21(7-8-22-13-19)10-15-3-4-17-18(9-15)24-14-23-17/h3-4,9,16H,5-8,10-14H2,1-2H3. The van der Waals surface area contributed by atoms with Gasteiger partial charge in [-0.1, -0.05) is 6.07 Å². The predicted octanol–water partition coefficient (Wildman–Crippen LogP) is 1.73. The van der Waals surface area contributed by atoms with Crippen LogP contribution in [-0.4, -0.2) is 75.2 Å². The highest BCUT2D eigenvalue weighted by molar-refractivity contribution is 5.44. The number of hydrogen-bond donors (Lipinski definition) is 0. The minimum atomic E-state index is -0.159. The Labute approximate surface area is 149 Å². The molecule has 3 aliphatic rings. The Hall–Kier alpha value is -1.34. The summed E-state index contributed by atoms with van der Waals surface area (Å²) in [5.41, 5.74) is 1.08. The van der Waals surface area contributed by atoms with Gasteiger partial charge in [0.2, 0.25) is 6.79 Å². The molecule has 0 bridgehead atoms. The summed E-state index contributed by atoms with van der Waals surface area (Å²) in [6, 6.07) is 6.21. The maximum atomic E-state index is 6.47. The van der Waals surface area contributed by atoms with Crippen LogP contribution in [0.15, 0.2) is 18.2 Å². The monoisotopic (exact) mass is 348 g/mol. The lowest BCUT2D eigenvalue weighted by Crippen LogP contribution is -2.45. The molecular weight excluding hydrogens is 320 g/mol. The SMILES string of the molecule is CN(C)CC1CCC2(COCCN(Cc3ccc4c(c3)OCO4)C2)O1. The van der Waals surface area contributed by atoms with E-state index in [2.05, 4.69) is 36.0 Å². The second-order valence-electron chi connectivity index (χ2n) is 7.67. The number of nitrogens with zero attached hydrogens (tertiary/aromatic N) is 2. The summed E-state index contributed by atoms with van der Waals surface area (Å²) >= 11 is 0. The normalized spacial score (nSPS) is 29.5. The highest BCUT2D eigenvalue weighted by atomic mass is 16.7. The van der Waals surface area contributed by atoms with Crippen LogP contribution in [0.25, 0.3) is 0 Å². The molecule has 2 atom stereocenters. The van der Waals surface area contributed by atoms with E-state index in [9.17, 15) is 0 Å². The molecule has 0 radical (unpaired) electrons. The van der Waals surface area contributed by atoms with Crippen molar-refractivity contribution in [3.05, 3.63) is 23.8 Å². The highest BCUT2D eigenvalue weighted by Crippen LogP contribution is 2.35. The van der Waals surface area contributed by atoms with Crippen LogP contribution in [0.1, 0.15) is 18.4 Å². The summed E-state index contributed by atoms with van der Waals surface area (Å²) in [4.78, 5) is 4.65. The van der Waals surface area contributed by atoms with Crippen molar-refractivity contribution < 1.29 is 18.9 Å². The Morgan fingerprint density at radius 3 is 3.00 bits per heavy atom. The van der Waals surface area contributed by atoms with E-state index >= 15 is 0 Å². The van der Waals surface area contributed by atoms with E-state index in [-0.39, 0.29) is 5.60 Å². The third kappa shape index (κ3) is 3.92. The first kappa shape index (κ1) is 17.1. The maximum absolute atomic E-state index is 6.47. The molecule has 0 aromatic heterocycles. The van der Waals surface area contributed by atoms with Gasteiger partial charge >= 0.3 is 0 Å². The summed E-state index contributed by atoms with van der Waals surface area (Å²) in [5, 5.41) is 0. The summed E-state index contributed by atoms with van der Waals surface area (Å²) in [5.74, 6) is 1.69. The van der Waals surface area contributed by atoms with E-state index in [1.54, 1.807) is 0 Å². The van der Waals surface area contributed by atoms with Crippen molar-refractivity contribution in [3.63, 3.8) is 0 Å². The largest absolute Gasteiger partial charge is 0.454 e. The molecule has 1 spiro atoms. The Morgan fingerprint density at radius 2 is 2.12 bits per heavy atom. The molecule has 6 heteroatoms. The minimum absolute atomic E-state index is 0.159. The summed E-state index contributed by atoms with van der Waals surface area (Å²) in [6.07, 6.45) is 2.49. The van der Waals surface area contributed by atoms with Gasteiger partial charge in [-0.2, -0.15) is 0 Å². The molecule has 0 amide bonds. The summed E-state index contributed by atoms with van der Waals surface area (Å²) in [7, 11) is 4.20. The van der Waals surface area contributed by atoms with Crippen LogP contribution < -0.4 is 9.47 Å². The van der Waals surface area contributed by atoms with E-state index in [0.717, 1.165) is 57.1 Å². The molecule has 4 rings (SSSR count). The van der Waals surface area contributed by atoms with Crippen molar-refractivity contribution in [2.24, 2.45) is 0 Å². The van der Waals surface area contributed by atoms with E-state index in [0.29, 0.717) is 19.5 Å². The average molecular weight is 348 g/mol. The number of hydrogen-bond acceptors (Lipinski definition) is 6. The van der Waals surface area contributed by atoms with Crippen LogP contribution in [0, 0.1) is 0 Å². The summed E-state index contributed by atoms with van der Waals surface area (Å²) in [6.45, 7) is 5.49. The van der Waals surface area contributed by atoms with Gasteiger partial charge in [0.1, 0.15) is 5.60 Å². The van der Waals surface area contributed by atoms with Gasteiger partial charge in [0.05, 0.1) is 19.3 Å². The summed E-state index contributed by atoms with van der Waals surface area (Å²) < 4.78 is 23.3. The van der Waals surface area contributed by atoms with Crippen molar-refractivity contribution in [1.82, 2.24) is 9.80 Å². The van der Waals surface area contributed by atoms with Crippen LogP contribution in [-0.2, 0) is 16.0 Å². The van der Waals surface area contributed by atoms with Crippen LogP contribution in [0.4, 0.5) is 0 Å². The molecule has 0 aliphatic carbocycles. The molecule has 2 fully saturated rings. The Bertz CT molecular complexity index is 609. The van der Waals surface area contributed by atoms with Crippen molar-refractivity contribution in [3.8, 4) is 11.5 Å². The van der Waals surface area contributed by atoms with Gasteiger partial charge in [-0.25, -0.2) is 0 Å². The third-order valence-corrected chi connectivity index (χ3v) is 5.18. The molecule has 138 valence electrons. The number of fused-ring (bicyclic) bond motifs is 1. The zero-order valence-corrected chi connectivity index (χ0v) is 15.2. The maximum Gasteiger partial charge on any atom is 0.231 e. The van der Waals surface area contributed by atoms with Crippen molar-refractivity contribution >= 4 is 0 Å². The van der Waals surface area contributed by atoms with E-state index in [1.165, 1.54) is 5.56 Å². The van der Waals surface area contributed by atoms with E-state index in [4.69, 9.17) is 18.9 Å². The number of likely N-dealkylation sites (N-methyl/N-ethyl adjacent to an activating group) is 1. The van der Waals surface area contributed by atoms with Gasteiger partial charge in [-0.15, -0.1) is 0 Å². The Morgan fingerprint density at radius 1 is 1.24 bits per heavy atom. The average Bonchev–Trinajstić information content (AvgIpc) is 3.12. The van der Waals surface area contributed by atoms with Crippen LogP contribution in [0.5, 0.6) is 11.5 Å². The topological polar surface area (TPSA) is 43.4 Å². The molecule has 0 saturated carbocycles. The number of rotatable bonds is 4. The molecule has 6 nitrogen and oxygen atoms in total. The molecule has 1 aromatic rings. The molecule has 3 heterocycles. The number of benzene rings is 1. The van der Waals surface area contributed by atoms with Gasteiger partial charge in [-0.05, 0) is 44.6 Å². The second-order valence-corrected chi connectivity index (χ2v) is 7.67. The fraction of sp³-hybridized carbons (Fsp3) is 0.684. The molecule has 1 aromatic carbocycles. The van der Waals surface area contributed by atoms with E-state index in [1.807, 2.05) is 6.07 Å². The first-order valence-corrected chi connectivity index (χ1v) is 9.13. The van der Waals surface area contributed by atoms with Crippen molar-refractivity contribution in [2.45, 2.75) is 31.1 Å². The first-order valence-electron chi connectivity index (χ1n) is 9.13. The third-order valence-electron chi connectivity index (χ3n) is 5.18. The smallest absolute Gasteiger partial charge is 0.231 e. The highest BCUT2D eigenvalue weighted by Gasteiger charge is 2.43. The second kappa shape index (κ2) is 7.11. The molecule has 3 aliphatic heterocycles. The lowest BCUT2D eigenvalue weighted by atomic mass is 9.99. The lowest BCUT2D eigenvalue weighted by molar-refractivity contribution is -0.0902. The van der Waals surface area contributed by atoms with Gasteiger partial charge in [0, 0.05) is 26.2 Å². The van der Waals surface area contributed by atoms with E-state index < -0.39 is 0 Å². The first-order chi connectivity index (χ1) is 12.1. The van der Waals surface area contributed by atoms with Gasteiger partial charge in [0.25, 0.3) is 0 Å². The lowest BCUT2D eigenvalue weighted by Gasteiger charge is -2.32. The van der Waals surface area contributed by atoms with Crippen LogP contribution in [0.2, 0.25) is 0 Å². The minimum Gasteiger partial charge on any atom is -0.454 e. The predicted molar refractivity (Wildman–Crippen MR) is 94.1 cm³/mol. The quantitative estimate of drug-likeness (QED) is 0.826. The zero-order valence-electron chi connectivity index (χ0n) is 15.2. The molecule has 0 N–H and O–H groups in total. The molecule has 25 heavy (non-hydrogen) atoms. The fourth-order valence-electron chi connectivity index (χ4n) is 4.07. The van der Waals surface area contributed by atoms with Crippen molar-refractivity contribution in [2.75, 3.05) is 53.7 Å². The zero-order chi connectivity index (χ0) is 17.3. The Balaban J connectivity index is 1.42. The molecular formula is C19H28N2O4. The van der Waals surface area contributed by atoms with Gasteiger partial charge in [0.15, 0.2) is 11.5 Å².